The lowest BCUT2D eigenvalue weighted by atomic mass is 9.86. The molecule has 1 aromatic rings. The maximum absolute atomic E-state index is 12.9. The molecule has 2 fully saturated rings. The molecule has 4 nitrogen and oxygen atoms in total. The van der Waals surface area contributed by atoms with Gasteiger partial charge in [0.2, 0.25) is 0 Å². The van der Waals surface area contributed by atoms with Crippen molar-refractivity contribution in [1.29, 1.82) is 0 Å². The Morgan fingerprint density at radius 2 is 1.97 bits per heavy atom. The lowest BCUT2D eigenvalue weighted by Gasteiger charge is -2.21. The number of benzene rings is 1. The number of rotatable bonds is 13. The summed E-state index contributed by atoms with van der Waals surface area (Å²) < 4.78 is 0. The Bertz CT molecular complexity index is 1110. The van der Waals surface area contributed by atoms with Gasteiger partial charge < -0.3 is 10.0 Å². The largest absolute Gasteiger partial charge is 0.395 e. The summed E-state index contributed by atoms with van der Waals surface area (Å²) in [5.41, 5.74) is 7.29. The van der Waals surface area contributed by atoms with Gasteiger partial charge in [-0.1, -0.05) is 50.5 Å². The van der Waals surface area contributed by atoms with Gasteiger partial charge in [0, 0.05) is 37.5 Å². The van der Waals surface area contributed by atoms with Gasteiger partial charge in [-0.3, -0.25) is 9.79 Å². The topological polar surface area (TPSA) is 52.9 Å². The number of allylic oxidation sites excluding steroid dienone is 8. The van der Waals surface area contributed by atoms with Crippen molar-refractivity contribution in [3.8, 4) is 0 Å². The van der Waals surface area contributed by atoms with Crippen LogP contribution < -0.4 is 0 Å². The number of hydrogen-bond acceptors (Lipinski definition) is 3. The first kappa shape index (κ1) is 27.6. The molecule has 0 saturated heterocycles. The van der Waals surface area contributed by atoms with Crippen LogP contribution in [0.5, 0.6) is 0 Å². The van der Waals surface area contributed by atoms with Crippen molar-refractivity contribution in [1.82, 2.24) is 4.90 Å². The summed E-state index contributed by atoms with van der Waals surface area (Å²) in [5.74, 6) is 0.570. The summed E-state index contributed by atoms with van der Waals surface area (Å²) in [5, 5.41) is 9.23. The Hall–Kier alpha value is -2.98. The first-order valence-electron chi connectivity index (χ1n) is 13.2. The van der Waals surface area contributed by atoms with Crippen LogP contribution in [0.1, 0.15) is 74.4 Å². The zero-order valence-electron chi connectivity index (χ0n) is 22.5. The van der Waals surface area contributed by atoms with E-state index in [0.717, 1.165) is 28.8 Å². The molecule has 4 heteroatoms. The SMILES string of the molecule is C=C(Cc1cc(C(=O)N(C)CCO)ccc1C1(CC)CC1)N=C/C(=C\C)C(=C)/C=C(\C=C/C)C1CC1. The molecule has 2 aliphatic rings. The fourth-order valence-electron chi connectivity index (χ4n) is 4.79. The van der Waals surface area contributed by atoms with Crippen molar-refractivity contribution in [2.75, 3.05) is 20.2 Å². The summed E-state index contributed by atoms with van der Waals surface area (Å²) in [4.78, 5) is 19.1. The Labute approximate surface area is 217 Å². The Balaban J connectivity index is 1.80. The van der Waals surface area contributed by atoms with Gasteiger partial charge in [0.05, 0.1) is 6.61 Å². The normalized spacial score (nSPS) is 17.6. The van der Waals surface area contributed by atoms with Crippen LogP contribution >= 0.6 is 0 Å². The highest BCUT2D eigenvalue weighted by molar-refractivity contribution is 5.94. The molecule has 0 aliphatic heterocycles. The van der Waals surface area contributed by atoms with Crippen molar-refractivity contribution in [3.63, 3.8) is 0 Å². The van der Waals surface area contributed by atoms with E-state index in [0.29, 0.717) is 24.4 Å². The summed E-state index contributed by atoms with van der Waals surface area (Å²) in [7, 11) is 1.72. The lowest BCUT2D eigenvalue weighted by Crippen LogP contribution is -2.29. The van der Waals surface area contributed by atoms with Crippen LogP contribution in [0.3, 0.4) is 0 Å². The first-order valence-corrected chi connectivity index (χ1v) is 13.2. The van der Waals surface area contributed by atoms with Crippen molar-refractivity contribution in [3.05, 3.63) is 94.8 Å². The van der Waals surface area contributed by atoms with Gasteiger partial charge in [-0.2, -0.15) is 0 Å². The molecule has 0 heterocycles. The van der Waals surface area contributed by atoms with Crippen LogP contribution in [0.2, 0.25) is 0 Å². The highest BCUT2D eigenvalue weighted by Crippen LogP contribution is 2.52. The number of hydrogen-bond donors (Lipinski definition) is 1. The van der Waals surface area contributed by atoms with Crippen LogP contribution in [0, 0.1) is 5.92 Å². The van der Waals surface area contributed by atoms with E-state index in [9.17, 15) is 9.90 Å². The summed E-state index contributed by atoms with van der Waals surface area (Å²) >= 11 is 0. The number of aliphatic hydroxyl groups excluding tert-OH is 1. The maximum Gasteiger partial charge on any atom is 0.253 e. The predicted octanol–water partition coefficient (Wildman–Crippen LogP) is 6.73. The molecular weight excluding hydrogens is 444 g/mol. The quantitative estimate of drug-likeness (QED) is 0.248. The van der Waals surface area contributed by atoms with Gasteiger partial charge in [-0.15, -0.1) is 0 Å². The summed E-state index contributed by atoms with van der Waals surface area (Å²) in [6.07, 6.45) is 16.9. The number of aliphatic hydroxyl groups is 1. The average Bonchev–Trinajstić information content (AvgIpc) is 3.78. The van der Waals surface area contributed by atoms with Crippen LogP contribution in [0.25, 0.3) is 0 Å². The molecule has 0 aromatic heterocycles. The van der Waals surface area contributed by atoms with Crippen LogP contribution in [0.15, 0.2) is 83.1 Å². The Morgan fingerprint density at radius 1 is 1.25 bits per heavy atom. The van der Waals surface area contributed by atoms with E-state index in [4.69, 9.17) is 4.99 Å². The third kappa shape index (κ3) is 6.82. The van der Waals surface area contributed by atoms with Crippen molar-refractivity contribution < 1.29 is 9.90 Å². The molecular formula is C32H42N2O2. The van der Waals surface area contributed by atoms with Gasteiger partial charge in [0.1, 0.15) is 0 Å². The smallest absolute Gasteiger partial charge is 0.253 e. The minimum Gasteiger partial charge on any atom is -0.395 e. The van der Waals surface area contributed by atoms with E-state index in [1.165, 1.54) is 36.8 Å². The number of carbonyl (C=O) groups is 1. The molecule has 1 N–H and O–H groups in total. The monoisotopic (exact) mass is 486 g/mol. The minimum absolute atomic E-state index is 0.0533. The van der Waals surface area contributed by atoms with Gasteiger partial charge in [-0.25, -0.2) is 0 Å². The molecule has 1 amide bonds. The molecule has 0 bridgehead atoms. The van der Waals surface area contributed by atoms with E-state index in [2.05, 4.69) is 44.4 Å². The predicted molar refractivity (Wildman–Crippen MR) is 152 cm³/mol. The van der Waals surface area contributed by atoms with Gasteiger partial charge >= 0.3 is 0 Å². The van der Waals surface area contributed by atoms with E-state index in [-0.39, 0.29) is 17.9 Å². The molecule has 0 radical (unpaired) electrons. The fraction of sp³-hybridized carbons (Fsp3) is 0.438. The van der Waals surface area contributed by atoms with Crippen molar-refractivity contribution in [2.24, 2.45) is 10.9 Å². The molecule has 0 unspecified atom stereocenters. The lowest BCUT2D eigenvalue weighted by molar-refractivity contribution is 0.0767. The van der Waals surface area contributed by atoms with Gasteiger partial charge in [-0.05, 0) is 97.3 Å². The molecule has 0 atom stereocenters. The number of nitrogens with zero attached hydrogens (tertiary/aromatic N) is 2. The zero-order valence-corrected chi connectivity index (χ0v) is 22.5. The molecule has 3 rings (SSSR count). The molecule has 2 saturated carbocycles. The van der Waals surface area contributed by atoms with Gasteiger partial charge in [0.25, 0.3) is 5.91 Å². The second kappa shape index (κ2) is 12.3. The van der Waals surface area contributed by atoms with Crippen LogP contribution in [-0.2, 0) is 11.8 Å². The number of aliphatic imine (C=N–C) groups is 1. The van der Waals surface area contributed by atoms with Crippen molar-refractivity contribution in [2.45, 2.75) is 64.7 Å². The maximum atomic E-state index is 12.9. The average molecular weight is 487 g/mol. The molecule has 0 spiro atoms. The van der Waals surface area contributed by atoms with E-state index in [1.54, 1.807) is 11.9 Å². The number of likely N-dealkylation sites (N-methyl/N-ethyl adjacent to an activating group) is 1. The third-order valence-corrected chi connectivity index (χ3v) is 7.45. The molecule has 2 aliphatic carbocycles. The Morgan fingerprint density at radius 3 is 2.53 bits per heavy atom. The molecule has 36 heavy (non-hydrogen) atoms. The summed E-state index contributed by atoms with van der Waals surface area (Å²) in [6, 6.07) is 6.04. The highest BCUT2D eigenvalue weighted by atomic mass is 16.3. The van der Waals surface area contributed by atoms with E-state index < -0.39 is 0 Å². The highest BCUT2D eigenvalue weighted by Gasteiger charge is 2.43. The fourth-order valence-corrected chi connectivity index (χ4v) is 4.79. The molecule has 192 valence electrons. The minimum atomic E-state index is -0.0841. The van der Waals surface area contributed by atoms with E-state index in [1.807, 2.05) is 38.3 Å². The van der Waals surface area contributed by atoms with Crippen LogP contribution in [0.4, 0.5) is 0 Å². The van der Waals surface area contributed by atoms with E-state index >= 15 is 0 Å². The standard InChI is InChI=1S/C32H42N2O2/c1-7-10-27(26-11-12-26)19-23(4)25(8-2)22-33-24(5)20-29-21-28(31(36)34(6)17-18-35)13-14-30(29)32(9-3)15-16-32/h7-8,10,13-14,19,21-22,26,35H,4-5,9,11-12,15-18,20H2,1-3,6H3/b10-7-,25-8+,27-19+,33-22?. The molecule has 1 aromatic carbocycles. The van der Waals surface area contributed by atoms with Gasteiger partial charge in [0.15, 0.2) is 0 Å². The second-order valence-electron chi connectivity index (χ2n) is 10.1. The number of amides is 1. The Kier molecular flexibility index (Phi) is 9.44. The van der Waals surface area contributed by atoms with Crippen LogP contribution in [-0.4, -0.2) is 42.3 Å². The zero-order chi connectivity index (χ0) is 26.3. The summed E-state index contributed by atoms with van der Waals surface area (Å²) in [6.45, 7) is 15.1. The number of carbonyl (C=O) groups excluding carboxylic acids is 1. The second-order valence-corrected chi connectivity index (χ2v) is 10.1. The first-order chi connectivity index (χ1) is 17.3. The van der Waals surface area contributed by atoms with Crippen molar-refractivity contribution >= 4 is 12.1 Å². The third-order valence-electron chi connectivity index (χ3n) is 7.45.